The number of nitrogens with one attached hydrogen (secondary N) is 1. The van der Waals surface area contributed by atoms with Crippen molar-refractivity contribution in [1.82, 2.24) is 10.4 Å². The van der Waals surface area contributed by atoms with Gasteiger partial charge in [-0.15, -0.1) is 0 Å². The van der Waals surface area contributed by atoms with Crippen LogP contribution in [0.2, 0.25) is 0 Å². The smallest absolute Gasteiger partial charge is 0.251 e. The number of hydrogen-bond donors (Lipinski definition) is 2. The normalized spacial score (nSPS) is 15.6. The highest BCUT2D eigenvalue weighted by Crippen LogP contribution is 2.23. The van der Waals surface area contributed by atoms with Crippen molar-refractivity contribution in [3.63, 3.8) is 0 Å². The lowest BCUT2D eigenvalue weighted by molar-refractivity contribution is -0.126. The Morgan fingerprint density at radius 2 is 2.11 bits per heavy atom. The zero-order valence-electron chi connectivity index (χ0n) is 11.1. The summed E-state index contributed by atoms with van der Waals surface area (Å²) >= 11 is 0. The molecule has 0 fully saturated rings. The Morgan fingerprint density at radius 1 is 1.39 bits per heavy atom. The SMILES string of the molecule is CN(C)NC(=O)C(N)Cc1ccc2c(c1)CCC2. The van der Waals surface area contributed by atoms with Gasteiger partial charge in [0.2, 0.25) is 0 Å². The maximum absolute atomic E-state index is 11.7. The molecule has 0 saturated carbocycles. The molecule has 0 bridgehead atoms. The van der Waals surface area contributed by atoms with Crippen molar-refractivity contribution < 1.29 is 4.79 Å². The number of hydrazine groups is 1. The summed E-state index contributed by atoms with van der Waals surface area (Å²) < 4.78 is 0. The predicted octanol–water partition coefficient (Wildman–Crippen LogP) is 0.638. The Kier molecular flexibility index (Phi) is 3.99. The molecule has 4 nitrogen and oxygen atoms in total. The van der Waals surface area contributed by atoms with E-state index in [-0.39, 0.29) is 5.91 Å². The number of carbonyl (C=O) groups excluding carboxylic acids is 1. The van der Waals surface area contributed by atoms with E-state index < -0.39 is 6.04 Å². The highest BCUT2D eigenvalue weighted by molar-refractivity contribution is 5.81. The Balaban J connectivity index is 1.99. The maximum Gasteiger partial charge on any atom is 0.251 e. The van der Waals surface area contributed by atoms with Gasteiger partial charge in [0.15, 0.2) is 0 Å². The van der Waals surface area contributed by atoms with Crippen LogP contribution in [0.3, 0.4) is 0 Å². The molecule has 2 rings (SSSR count). The van der Waals surface area contributed by atoms with E-state index in [2.05, 4.69) is 23.6 Å². The molecule has 3 N–H and O–H groups in total. The van der Waals surface area contributed by atoms with Crippen LogP contribution in [-0.2, 0) is 24.1 Å². The summed E-state index contributed by atoms with van der Waals surface area (Å²) in [7, 11) is 3.56. The van der Waals surface area contributed by atoms with Crippen molar-refractivity contribution in [3.8, 4) is 0 Å². The van der Waals surface area contributed by atoms with E-state index in [1.807, 2.05) is 0 Å². The molecule has 1 aliphatic carbocycles. The van der Waals surface area contributed by atoms with Crippen LogP contribution in [0.25, 0.3) is 0 Å². The number of hydrogen-bond acceptors (Lipinski definition) is 3. The molecule has 1 unspecified atom stereocenters. The molecule has 0 aromatic heterocycles. The first-order valence-corrected chi connectivity index (χ1v) is 6.40. The van der Waals surface area contributed by atoms with Gasteiger partial charge in [-0.2, -0.15) is 0 Å². The summed E-state index contributed by atoms with van der Waals surface area (Å²) in [5.41, 5.74) is 12.6. The van der Waals surface area contributed by atoms with E-state index in [4.69, 9.17) is 5.73 Å². The third kappa shape index (κ3) is 3.09. The van der Waals surface area contributed by atoms with E-state index in [0.29, 0.717) is 6.42 Å². The van der Waals surface area contributed by atoms with E-state index in [9.17, 15) is 4.79 Å². The predicted molar refractivity (Wildman–Crippen MR) is 72.0 cm³/mol. The highest BCUT2D eigenvalue weighted by atomic mass is 16.2. The van der Waals surface area contributed by atoms with Gasteiger partial charge in [-0.25, -0.2) is 5.01 Å². The van der Waals surface area contributed by atoms with E-state index in [1.165, 1.54) is 24.0 Å². The lowest BCUT2D eigenvalue weighted by Gasteiger charge is -2.16. The number of amides is 1. The number of aryl methyl sites for hydroxylation is 2. The molecule has 18 heavy (non-hydrogen) atoms. The number of carbonyl (C=O) groups is 1. The quantitative estimate of drug-likeness (QED) is 0.768. The van der Waals surface area contributed by atoms with Crippen LogP contribution in [0.1, 0.15) is 23.1 Å². The van der Waals surface area contributed by atoms with Gasteiger partial charge in [0.1, 0.15) is 0 Å². The van der Waals surface area contributed by atoms with Crippen LogP contribution in [-0.4, -0.2) is 31.1 Å². The second-order valence-electron chi connectivity index (χ2n) is 5.14. The summed E-state index contributed by atoms with van der Waals surface area (Å²) in [5.74, 6) is -0.138. The van der Waals surface area contributed by atoms with Gasteiger partial charge >= 0.3 is 0 Å². The molecule has 0 heterocycles. The first kappa shape index (κ1) is 13.1. The Labute approximate surface area is 108 Å². The minimum absolute atomic E-state index is 0.138. The zero-order chi connectivity index (χ0) is 13.1. The molecule has 1 aromatic carbocycles. The van der Waals surface area contributed by atoms with Crippen LogP contribution in [0.4, 0.5) is 0 Å². The van der Waals surface area contributed by atoms with Crippen molar-refractivity contribution in [2.75, 3.05) is 14.1 Å². The minimum atomic E-state index is -0.494. The van der Waals surface area contributed by atoms with Crippen LogP contribution in [0.5, 0.6) is 0 Å². The van der Waals surface area contributed by atoms with E-state index >= 15 is 0 Å². The zero-order valence-corrected chi connectivity index (χ0v) is 11.1. The Hall–Kier alpha value is -1.39. The van der Waals surface area contributed by atoms with Crippen molar-refractivity contribution in [1.29, 1.82) is 0 Å². The van der Waals surface area contributed by atoms with Crippen LogP contribution in [0.15, 0.2) is 18.2 Å². The average molecular weight is 247 g/mol. The third-order valence-electron chi connectivity index (χ3n) is 3.29. The Morgan fingerprint density at radius 3 is 2.83 bits per heavy atom. The summed E-state index contributed by atoms with van der Waals surface area (Å²) in [6.07, 6.45) is 4.17. The molecule has 0 radical (unpaired) electrons. The Bertz CT molecular complexity index is 443. The summed E-state index contributed by atoms with van der Waals surface area (Å²) in [4.78, 5) is 11.7. The highest BCUT2D eigenvalue weighted by Gasteiger charge is 2.16. The van der Waals surface area contributed by atoms with Gasteiger partial charge in [0.05, 0.1) is 6.04 Å². The second-order valence-corrected chi connectivity index (χ2v) is 5.14. The number of nitrogens with zero attached hydrogens (tertiary/aromatic N) is 1. The number of rotatable bonds is 4. The van der Waals surface area contributed by atoms with Crippen LogP contribution in [0, 0.1) is 0 Å². The van der Waals surface area contributed by atoms with Crippen molar-refractivity contribution >= 4 is 5.91 Å². The molecular formula is C14H21N3O. The van der Waals surface area contributed by atoms with Crippen LogP contribution < -0.4 is 11.2 Å². The fourth-order valence-corrected chi connectivity index (χ4v) is 2.40. The molecule has 0 saturated heterocycles. The number of fused-ring (bicyclic) bond motifs is 1. The molecular weight excluding hydrogens is 226 g/mol. The fraction of sp³-hybridized carbons (Fsp3) is 0.500. The monoisotopic (exact) mass is 247 g/mol. The van der Waals surface area contributed by atoms with Gasteiger partial charge < -0.3 is 5.73 Å². The van der Waals surface area contributed by atoms with Crippen molar-refractivity contribution in [2.24, 2.45) is 5.73 Å². The van der Waals surface area contributed by atoms with Gasteiger partial charge in [-0.05, 0) is 42.4 Å². The number of nitrogens with two attached hydrogens (primary N) is 1. The number of benzene rings is 1. The molecule has 0 aliphatic heterocycles. The van der Waals surface area contributed by atoms with Crippen LogP contribution >= 0.6 is 0 Å². The minimum Gasteiger partial charge on any atom is -0.320 e. The van der Waals surface area contributed by atoms with Gasteiger partial charge in [0, 0.05) is 14.1 Å². The lowest BCUT2D eigenvalue weighted by Crippen LogP contribution is -2.47. The first-order valence-electron chi connectivity index (χ1n) is 6.40. The molecule has 0 spiro atoms. The van der Waals surface area contributed by atoms with Crippen molar-refractivity contribution in [3.05, 3.63) is 34.9 Å². The van der Waals surface area contributed by atoms with Gasteiger partial charge in [-0.3, -0.25) is 10.2 Å². The maximum atomic E-state index is 11.7. The second kappa shape index (κ2) is 5.50. The lowest BCUT2D eigenvalue weighted by atomic mass is 10.0. The topological polar surface area (TPSA) is 58.4 Å². The third-order valence-corrected chi connectivity index (χ3v) is 3.29. The molecule has 1 aliphatic rings. The first-order chi connectivity index (χ1) is 8.56. The molecule has 4 heteroatoms. The molecule has 1 atom stereocenters. The summed E-state index contributed by atoms with van der Waals surface area (Å²) in [5, 5.41) is 1.62. The summed E-state index contributed by atoms with van der Waals surface area (Å²) in [6.45, 7) is 0. The van der Waals surface area contributed by atoms with Crippen molar-refractivity contribution in [2.45, 2.75) is 31.7 Å². The molecule has 1 amide bonds. The fourth-order valence-electron chi connectivity index (χ4n) is 2.40. The van der Waals surface area contributed by atoms with E-state index in [1.54, 1.807) is 19.1 Å². The van der Waals surface area contributed by atoms with Gasteiger partial charge in [-0.1, -0.05) is 18.2 Å². The molecule has 1 aromatic rings. The summed E-state index contributed by atoms with van der Waals surface area (Å²) in [6, 6.07) is 5.97. The molecule has 98 valence electrons. The standard InChI is InChI=1S/C14H21N3O/c1-17(2)16-14(18)13(15)9-10-6-7-11-4-3-5-12(11)8-10/h6-8,13H,3-5,9,15H2,1-2H3,(H,16,18). The average Bonchev–Trinajstić information content (AvgIpc) is 2.75. The van der Waals surface area contributed by atoms with Gasteiger partial charge in [0.25, 0.3) is 5.91 Å². The largest absolute Gasteiger partial charge is 0.320 e. The van der Waals surface area contributed by atoms with E-state index in [0.717, 1.165) is 12.0 Å².